The van der Waals surface area contributed by atoms with E-state index in [1.807, 2.05) is 20.8 Å². The van der Waals surface area contributed by atoms with Crippen LogP contribution in [0.1, 0.15) is 78.3 Å². The summed E-state index contributed by atoms with van der Waals surface area (Å²) in [4.78, 5) is 49.7. The molecule has 1 aromatic carbocycles. The van der Waals surface area contributed by atoms with Crippen molar-refractivity contribution in [2.24, 2.45) is 35.0 Å². The number of nitrogens with zero attached hydrogens (tertiary/aromatic N) is 3. The van der Waals surface area contributed by atoms with Crippen LogP contribution in [0.4, 0.5) is 17.6 Å². The smallest absolute Gasteiger partial charge is 0.356 e. The Hall–Kier alpha value is -3.51. The highest BCUT2D eigenvalue weighted by Crippen LogP contribution is 2.58. The first-order chi connectivity index (χ1) is 22.6. The second-order valence-corrected chi connectivity index (χ2v) is 15.0. The zero-order valence-corrected chi connectivity index (χ0v) is 27.9. The van der Waals surface area contributed by atoms with Crippen molar-refractivity contribution < 1.29 is 46.2 Å². The van der Waals surface area contributed by atoms with Crippen LogP contribution >= 0.6 is 0 Å². The monoisotopic (exact) mass is 677 g/mol. The van der Waals surface area contributed by atoms with Crippen molar-refractivity contribution in [3.63, 3.8) is 0 Å². The van der Waals surface area contributed by atoms with Crippen LogP contribution in [0.3, 0.4) is 0 Å². The Morgan fingerprint density at radius 1 is 1.04 bits per heavy atom. The van der Waals surface area contributed by atoms with Crippen LogP contribution in [0.2, 0.25) is 0 Å². The van der Waals surface area contributed by atoms with E-state index >= 15 is 17.6 Å². The quantitative estimate of drug-likeness (QED) is 0.210. The fourth-order valence-corrected chi connectivity index (χ4v) is 8.11. The highest BCUT2D eigenvalue weighted by Gasteiger charge is 2.61. The summed E-state index contributed by atoms with van der Waals surface area (Å²) in [6.07, 6.45) is -0.617. The van der Waals surface area contributed by atoms with E-state index in [2.05, 4.69) is 9.97 Å². The standard InChI is InChI=1S/C35H43F4N3O6/c1-6-20-26(17-43)42-16-28(20)48-31-30(40-24-10-9-19(46-5)14-25(24)41-31)35(38,39)34(36,37)11-7-8-21-22-12-18(22)13-27(21)47-29(44)15-23(32(42)45)33(2,3)4/h9-10,14,17-18,20-23,26-28H,6-8,11-13,15-16H2,1-5H3/t18?,20-,21+,22?,23+,26+,27+,28-/m0/s1. The van der Waals surface area contributed by atoms with Crippen LogP contribution in [-0.2, 0) is 25.0 Å². The number of ether oxygens (including phenoxy) is 3. The minimum Gasteiger partial charge on any atom is -0.497 e. The molecule has 3 heterocycles. The van der Waals surface area contributed by atoms with E-state index in [0.717, 1.165) is 6.42 Å². The van der Waals surface area contributed by atoms with Gasteiger partial charge in [-0.25, -0.2) is 9.97 Å². The molecule has 2 aromatic rings. The predicted octanol–water partition coefficient (Wildman–Crippen LogP) is 6.35. The number of carbonyl (C=O) groups is 3. The molecule has 0 spiro atoms. The van der Waals surface area contributed by atoms with Crippen molar-refractivity contribution in [1.82, 2.24) is 14.9 Å². The lowest BCUT2D eigenvalue weighted by molar-refractivity contribution is -0.223. The van der Waals surface area contributed by atoms with Crippen LogP contribution in [0, 0.1) is 35.0 Å². The fraction of sp³-hybridized carbons (Fsp3) is 0.686. The van der Waals surface area contributed by atoms with Crippen molar-refractivity contribution in [2.45, 2.75) is 103 Å². The van der Waals surface area contributed by atoms with Gasteiger partial charge in [0.15, 0.2) is 5.69 Å². The third kappa shape index (κ3) is 6.10. The summed E-state index contributed by atoms with van der Waals surface area (Å²) in [5.74, 6) is -12.1. The average molecular weight is 678 g/mol. The first-order valence-electron chi connectivity index (χ1n) is 16.8. The number of esters is 1. The molecule has 262 valence electrons. The number of carbonyl (C=O) groups excluding carboxylic acids is 3. The Bertz CT molecular complexity index is 1580. The Labute approximate surface area is 277 Å². The highest BCUT2D eigenvalue weighted by atomic mass is 19.3. The maximum absolute atomic E-state index is 16.1. The van der Waals surface area contributed by atoms with Gasteiger partial charge in [-0.05, 0) is 67.4 Å². The normalized spacial score (nSPS) is 33.4. The number of fused-ring (bicyclic) bond motifs is 7. The summed E-state index contributed by atoms with van der Waals surface area (Å²) < 4.78 is 80.9. The summed E-state index contributed by atoms with van der Waals surface area (Å²) >= 11 is 0. The summed E-state index contributed by atoms with van der Waals surface area (Å²) in [6.45, 7) is 7.02. The molecule has 9 nitrogen and oxygen atoms in total. The van der Waals surface area contributed by atoms with Gasteiger partial charge in [-0.2, -0.15) is 17.6 Å². The summed E-state index contributed by atoms with van der Waals surface area (Å²) in [5.41, 5.74) is -1.99. The largest absolute Gasteiger partial charge is 0.497 e. The fourth-order valence-electron chi connectivity index (χ4n) is 8.11. The van der Waals surface area contributed by atoms with Crippen LogP contribution in [0.25, 0.3) is 11.0 Å². The molecular weight excluding hydrogens is 634 g/mol. The zero-order valence-electron chi connectivity index (χ0n) is 27.9. The van der Waals surface area contributed by atoms with E-state index in [1.54, 1.807) is 6.92 Å². The molecule has 6 rings (SSSR count). The first-order valence-corrected chi connectivity index (χ1v) is 16.8. The number of alkyl halides is 4. The number of aromatic nitrogens is 2. The number of methoxy groups -OCH3 is 1. The van der Waals surface area contributed by atoms with Gasteiger partial charge >= 0.3 is 17.8 Å². The molecule has 0 N–H and O–H groups in total. The predicted molar refractivity (Wildman–Crippen MR) is 166 cm³/mol. The molecule has 1 aromatic heterocycles. The van der Waals surface area contributed by atoms with Crippen molar-refractivity contribution in [2.75, 3.05) is 13.7 Å². The summed E-state index contributed by atoms with van der Waals surface area (Å²) in [5, 5.41) is 0. The topological polar surface area (TPSA) is 108 Å². The summed E-state index contributed by atoms with van der Waals surface area (Å²) in [7, 11) is 1.41. The second kappa shape index (κ2) is 12.4. The van der Waals surface area contributed by atoms with Gasteiger partial charge in [0, 0.05) is 18.4 Å². The van der Waals surface area contributed by atoms with E-state index in [9.17, 15) is 14.4 Å². The Morgan fingerprint density at radius 2 is 1.79 bits per heavy atom. The van der Waals surface area contributed by atoms with Crippen LogP contribution in [0.15, 0.2) is 18.2 Å². The number of benzene rings is 1. The molecule has 2 saturated carbocycles. The first kappa shape index (κ1) is 34.4. The number of aldehydes is 1. The molecule has 2 aliphatic heterocycles. The number of hydrogen-bond donors (Lipinski definition) is 0. The lowest BCUT2D eigenvalue weighted by Gasteiger charge is -2.34. The minimum absolute atomic E-state index is 0.0554. The third-order valence-electron chi connectivity index (χ3n) is 11.0. The maximum Gasteiger partial charge on any atom is 0.356 e. The lowest BCUT2D eigenvalue weighted by atomic mass is 9.77. The summed E-state index contributed by atoms with van der Waals surface area (Å²) in [6, 6.07) is 3.24. The molecule has 1 amide bonds. The van der Waals surface area contributed by atoms with Gasteiger partial charge in [-0.3, -0.25) is 9.59 Å². The van der Waals surface area contributed by atoms with Gasteiger partial charge in [-0.1, -0.05) is 27.7 Å². The molecule has 3 fully saturated rings. The van der Waals surface area contributed by atoms with Crippen molar-refractivity contribution >= 4 is 29.2 Å². The van der Waals surface area contributed by atoms with E-state index in [4.69, 9.17) is 14.2 Å². The number of rotatable bonds is 3. The van der Waals surface area contributed by atoms with Crippen molar-refractivity contribution in [3.8, 4) is 11.6 Å². The third-order valence-corrected chi connectivity index (χ3v) is 11.0. The Balaban J connectivity index is 1.45. The van der Waals surface area contributed by atoms with Crippen LogP contribution in [-0.4, -0.2) is 70.9 Å². The second-order valence-electron chi connectivity index (χ2n) is 15.0. The molecule has 2 unspecified atom stereocenters. The van der Waals surface area contributed by atoms with Crippen LogP contribution < -0.4 is 9.47 Å². The maximum atomic E-state index is 16.1. The molecule has 48 heavy (non-hydrogen) atoms. The molecule has 2 aliphatic carbocycles. The number of halogens is 4. The van der Waals surface area contributed by atoms with Gasteiger partial charge in [0.2, 0.25) is 11.8 Å². The molecule has 13 heteroatoms. The lowest BCUT2D eigenvalue weighted by Crippen LogP contribution is -2.46. The Morgan fingerprint density at radius 3 is 2.46 bits per heavy atom. The van der Waals surface area contributed by atoms with E-state index < -0.39 is 77.2 Å². The number of hydrogen-bond acceptors (Lipinski definition) is 8. The molecule has 0 radical (unpaired) electrons. The van der Waals surface area contributed by atoms with E-state index in [-0.39, 0.29) is 48.7 Å². The van der Waals surface area contributed by atoms with Gasteiger partial charge < -0.3 is 23.9 Å². The average Bonchev–Trinajstić information content (AvgIpc) is 3.58. The Kier molecular flexibility index (Phi) is 8.89. The molecule has 8 atom stereocenters. The van der Waals surface area contributed by atoms with Crippen molar-refractivity contribution in [1.29, 1.82) is 0 Å². The van der Waals surface area contributed by atoms with Crippen LogP contribution in [0.5, 0.6) is 11.6 Å². The van der Waals surface area contributed by atoms with Crippen molar-refractivity contribution in [3.05, 3.63) is 23.9 Å². The molecule has 4 aliphatic rings. The minimum atomic E-state index is -4.78. The SMILES string of the molecule is CC[C@@H]1[C@@H]2CN(C(=O)[C@H](C(C)(C)C)CC(=O)O[C@@H]3CC4CC4[C@H]3CCCC(F)(F)C(F)(F)c3nc4ccc(OC)cc4nc3O2)[C@@H]1C=O. The zero-order chi connectivity index (χ0) is 34.8. The molecule has 1 saturated heterocycles. The number of amides is 1. The van der Waals surface area contributed by atoms with Gasteiger partial charge in [-0.15, -0.1) is 0 Å². The highest BCUT2D eigenvalue weighted by molar-refractivity contribution is 5.87. The van der Waals surface area contributed by atoms with Gasteiger partial charge in [0.05, 0.1) is 43.1 Å². The molecule has 2 bridgehead atoms. The molecular formula is C35H43F4N3O6. The van der Waals surface area contributed by atoms with E-state index in [1.165, 1.54) is 30.2 Å². The van der Waals surface area contributed by atoms with Gasteiger partial charge in [0.25, 0.3) is 0 Å². The van der Waals surface area contributed by atoms with E-state index in [0.29, 0.717) is 30.8 Å². The van der Waals surface area contributed by atoms with Gasteiger partial charge in [0.1, 0.15) is 24.2 Å².